The molecule has 0 saturated carbocycles. The summed E-state index contributed by atoms with van der Waals surface area (Å²) in [6.07, 6.45) is 1.33. The van der Waals surface area contributed by atoms with Crippen LogP contribution in [-0.2, 0) is 0 Å². The number of halogens is 2. The highest BCUT2D eigenvalue weighted by Crippen LogP contribution is 2.21. The first-order valence-electron chi connectivity index (χ1n) is 8.42. The second-order valence-corrected chi connectivity index (χ2v) is 7.65. The minimum Gasteiger partial charge on any atom is -0.507 e. The zero-order chi connectivity index (χ0) is 20.8. The van der Waals surface area contributed by atoms with Crippen molar-refractivity contribution in [3.05, 3.63) is 92.4 Å². The predicted octanol–water partition coefficient (Wildman–Crippen LogP) is 4.93. The number of anilines is 1. The van der Waals surface area contributed by atoms with Crippen LogP contribution in [0.15, 0.2) is 80.8 Å². The van der Waals surface area contributed by atoms with Crippen molar-refractivity contribution >= 4 is 55.6 Å². The second kappa shape index (κ2) is 9.49. The van der Waals surface area contributed by atoms with Crippen LogP contribution in [-0.4, -0.2) is 23.1 Å². The van der Waals surface area contributed by atoms with E-state index in [4.69, 9.17) is 0 Å². The summed E-state index contributed by atoms with van der Waals surface area (Å²) in [6.45, 7) is 0. The first-order valence-corrected chi connectivity index (χ1v) is 10.0. The molecule has 0 aliphatic rings. The van der Waals surface area contributed by atoms with Crippen molar-refractivity contribution in [2.75, 3.05) is 5.32 Å². The number of carbonyl (C=O) groups excluding carboxylic acids is 2. The fourth-order valence-corrected chi connectivity index (χ4v) is 3.32. The van der Waals surface area contributed by atoms with Gasteiger partial charge in [0.05, 0.1) is 23.0 Å². The van der Waals surface area contributed by atoms with Gasteiger partial charge >= 0.3 is 0 Å². The molecule has 8 heteroatoms. The van der Waals surface area contributed by atoms with Gasteiger partial charge in [-0.2, -0.15) is 5.10 Å². The van der Waals surface area contributed by atoms with Gasteiger partial charge in [-0.3, -0.25) is 9.59 Å². The van der Waals surface area contributed by atoms with Crippen LogP contribution in [0.4, 0.5) is 5.69 Å². The number of hydrogen-bond donors (Lipinski definition) is 3. The highest BCUT2D eigenvalue weighted by Gasteiger charge is 2.15. The van der Waals surface area contributed by atoms with Gasteiger partial charge in [-0.1, -0.05) is 40.2 Å². The first-order chi connectivity index (χ1) is 14.0. The maximum Gasteiger partial charge on any atom is 0.273 e. The largest absolute Gasteiger partial charge is 0.507 e. The lowest BCUT2D eigenvalue weighted by Gasteiger charge is -2.11. The lowest BCUT2D eigenvalue weighted by molar-refractivity contribution is 0.0956. The molecule has 0 fully saturated rings. The maximum absolute atomic E-state index is 12.5. The summed E-state index contributed by atoms with van der Waals surface area (Å²) >= 11 is 6.65. The number of hydrogen-bond acceptors (Lipinski definition) is 4. The Kier molecular flexibility index (Phi) is 6.79. The molecular weight excluding hydrogens is 502 g/mol. The average molecular weight is 517 g/mol. The molecule has 0 bridgehead atoms. The molecule has 6 nitrogen and oxygen atoms in total. The van der Waals surface area contributed by atoms with Crippen LogP contribution in [0.25, 0.3) is 0 Å². The Morgan fingerprint density at radius 3 is 2.34 bits per heavy atom. The Morgan fingerprint density at radius 1 is 0.897 bits per heavy atom. The molecule has 3 aromatic carbocycles. The number of rotatable bonds is 5. The number of aromatic hydroxyl groups is 1. The number of phenols is 1. The molecule has 0 heterocycles. The molecule has 2 amide bonds. The summed E-state index contributed by atoms with van der Waals surface area (Å²) in [7, 11) is 0. The van der Waals surface area contributed by atoms with Crippen LogP contribution in [0.3, 0.4) is 0 Å². The van der Waals surface area contributed by atoms with Crippen LogP contribution < -0.4 is 10.7 Å². The summed E-state index contributed by atoms with van der Waals surface area (Å²) in [5.74, 6) is -0.814. The fraction of sp³-hybridized carbons (Fsp3) is 0. The molecule has 0 aliphatic carbocycles. The van der Waals surface area contributed by atoms with E-state index in [0.29, 0.717) is 21.3 Å². The lowest BCUT2D eigenvalue weighted by Crippen LogP contribution is -2.21. The van der Waals surface area contributed by atoms with Crippen molar-refractivity contribution in [2.24, 2.45) is 5.10 Å². The SMILES string of the molecule is O=C(Nc1ccccc1C(=O)NN=Cc1cc(Br)ccc1O)c1ccccc1Br. The minimum absolute atomic E-state index is 0.0345. The quantitative estimate of drug-likeness (QED) is 0.331. The number of nitrogens with one attached hydrogen (secondary N) is 2. The van der Waals surface area contributed by atoms with E-state index in [0.717, 1.165) is 4.47 Å². The fourth-order valence-electron chi connectivity index (χ4n) is 2.47. The van der Waals surface area contributed by atoms with Gasteiger partial charge in [0.25, 0.3) is 11.8 Å². The highest BCUT2D eigenvalue weighted by atomic mass is 79.9. The van der Waals surface area contributed by atoms with Crippen LogP contribution in [0, 0.1) is 0 Å². The van der Waals surface area contributed by atoms with Crippen molar-refractivity contribution in [1.29, 1.82) is 0 Å². The molecule has 3 aromatic rings. The van der Waals surface area contributed by atoms with E-state index in [1.54, 1.807) is 54.6 Å². The smallest absolute Gasteiger partial charge is 0.273 e. The van der Waals surface area contributed by atoms with E-state index in [1.165, 1.54) is 12.3 Å². The Labute approximate surface area is 183 Å². The molecule has 0 saturated heterocycles. The summed E-state index contributed by atoms with van der Waals surface area (Å²) in [5, 5.41) is 16.4. The third-order valence-corrected chi connectivity index (χ3v) is 5.08. The van der Waals surface area contributed by atoms with Crippen LogP contribution >= 0.6 is 31.9 Å². The molecule has 0 atom stereocenters. The molecule has 29 heavy (non-hydrogen) atoms. The van der Waals surface area contributed by atoms with Crippen LogP contribution in [0.5, 0.6) is 5.75 Å². The third-order valence-electron chi connectivity index (χ3n) is 3.90. The van der Waals surface area contributed by atoms with Gasteiger partial charge < -0.3 is 10.4 Å². The highest BCUT2D eigenvalue weighted by molar-refractivity contribution is 9.10. The summed E-state index contributed by atoms with van der Waals surface area (Å²) in [5.41, 5.74) is 3.90. The Balaban J connectivity index is 1.75. The lowest BCUT2D eigenvalue weighted by atomic mass is 10.1. The van der Waals surface area contributed by atoms with Gasteiger partial charge in [0.15, 0.2) is 0 Å². The van der Waals surface area contributed by atoms with Gasteiger partial charge in [0, 0.05) is 14.5 Å². The monoisotopic (exact) mass is 515 g/mol. The van der Waals surface area contributed by atoms with E-state index < -0.39 is 5.91 Å². The molecule has 3 rings (SSSR count). The topological polar surface area (TPSA) is 90.8 Å². The zero-order valence-electron chi connectivity index (χ0n) is 14.9. The van der Waals surface area contributed by atoms with Gasteiger partial charge in [0.2, 0.25) is 0 Å². The first kappa shape index (κ1) is 20.8. The zero-order valence-corrected chi connectivity index (χ0v) is 18.1. The van der Waals surface area contributed by atoms with Crippen LogP contribution in [0.2, 0.25) is 0 Å². The molecule has 0 unspecified atom stereocenters. The molecule has 0 spiro atoms. The number of para-hydroxylation sites is 1. The Bertz CT molecular complexity index is 1100. The second-order valence-electron chi connectivity index (χ2n) is 5.88. The summed E-state index contributed by atoms with van der Waals surface area (Å²) in [6, 6.07) is 18.5. The van der Waals surface area contributed by atoms with E-state index >= 15 is 0 Å². The Morgan fingerprint density at radius 2 is 1.59 bits per heavy atom. The van der Waals surface area contributed by atoms with E-state index in [1.807, 2.05) is 6.07 Å². The van der Waals surface area contributed by atoms with Crippen LogP contribution in [0.1, 0.15) is 26.3 Å². The molecule has 146 valence electrons. The number of nitrogens with zero attached hydrogens (tertiary/aromatic N) is 1. The van der Waals surface area contributed by atoms with Crippen molar-refractivity contribution in [3.63, 3.8) is 0 Å². The van der Waals surface area contributed by atoms with E-state index in [2.05, 4.69) is 47.7 Å². The van der Waals surface area contributed by atoms with Crippen molar-refractivity contribution in [3.8, 4) is 5.75 Å². The molecule has 3 N–H and O–H groups in total. The van der Waals surface area contributed by atoms with E-state index in [-0.39, 0.29) is 17.2 Å². The number of phenolic OH excluding ortho intramolecular Hbond substituents is 1. The molecule has 0 aromatic heterocycles. The van der Waals surface area contributed by atoms with E-state index in [9.17, 15) is 14.7 Å². The number of carbonyl (C=O) groups is 2. The van der Waals surface area contributed by atoms with Crippen molar-refractivity contribution in [1.82, 2.24) is 5.43 Å². The molecule has 0 aliphatic heterocycles. The number of hydrazone groups is 1. The summed E-state index contributed by atoms with van der Waals surface area (Å²) < 4.78 is 1.42. The van der Waals surface area contributed by atoms with Crippen molar-refractivity contribution < 1.29 is 14.7 Å². The van der Waals surface area contributed by atoms with Gasteiger partial charge in [-0.25, -0.2) is 5.43 Å². The van der Waals surface area contributed by atoms with Crippen molar-refractivity contribution in [2.45, 2.75) is 0 Å². The molecule has 0 radical (unpaired) electrons. The average Bonchev–Trinajstić information content (AvgIpc) is 2.71. The molecular formula is C21H15Br2N3O3. The van der Waals surface area contributed by atoms with Gasteiger partial charge in [-0.05, 0) is 58.4 Å². The predicted molar refractivity (Wildman–Crippen MR) is 119 cm³/mol. The number of benzene rings is 3. The Hall–Kier alpha value is -2.97. The van der Waals surface area contributed by atoms with Gasteiger partial charge in [0.1, 0.15) is 5.75 Å². The van der Waals surface area contributed by atoms with Gasteiger partial charge in [-0.15, -0.1) is 0 Å². The normalized spacial score (nSPS) is 10.7. The minimum atomic E-state index is -0.501. The number of amides is 2. The maximum atomic E-state index is 12.5. The third kappa shape index (κ3) is 5.30. The summed E-state index contributed by atoms with van der Waals surface area (Å²) in [4.78, 5) is 25.1. The standard InChI is InChI=1S/C21H15Br2N3O3/c22-14-9-10-19(27)13(11-14)12-24-26-21(29)16-6-2-4-8-18(16)25-20(28)15-5-1-3-7-17(15)23/h1-12,27H,(H,25,28)(H,26,29).